The summed E-state index contributed by atoms with van der Waals surface area (Å²) in [7, 11) is 0. The Morgan fingerprint density at radius 1 is 1.24 bits per heavy atom. The number of rotatable bonds is 3. The van der Waals surface area contributed by atoms with Crippen LogP contribution in [-0.4, -0.2) is 14.8 Å². The van der Waals surface area contributed by atoms with Crippen molar-refractivity contribution in [2.45, 2.75) is 20.0 Å². The number of halogens is 2. The van der Waals surface area contributed by atoms with Crippen molar-refractivity contribution in [3.8, 4) is 11.4 Å². The van der Waals surface area contributed by atoms with Gasteiger partial charge < -0.3 is 10.3 Å². The van der Waals surface area contributed by atoms with E-state index in [2.05, 4.69) is 10.2 Å². The van der Waals surface area contributed by atoms with E-state index < -0.39 is 0 Å². The molecule has 0 radical (unpaired) electrons. The topological polar surface area (TPSA) is 56.7 Å². The summed E-state index contributed by atoms with van der Waals surface area (Å²) < 4.78 is 1.96. The Bertz CT molecular complexity index is 536. The predicted molar refractivity (Wildman–Crippen MR) is 69.0 cm³/mol. The first-order chi connectivity index (χ1) is 8.17. The Labute approximate surface area is 109 Å². The van der Waals surface area contributed by atoms with Gasteiger partial charge in [0.25, 0.3) is 0 Å². The van der Waals surface area contributed by atoms with E-state index in [0.717, 1.165) is 23.8 Å². The van der Waals surface area contributed by atoms with Gasteiger partial charge in [-0.15, -0.1) is 10.2 Å². The summed E-state index contributed by atoms with van der Waals surface area (Å²) in [6, 6.07) is 5.39. The van der Waals surface area contributed by atoms with Crippen LogP contribution < -0.4 is 5.73 Å². The highest BCUT2D eigenvalue weighted by molar-refractivity contribution is 6.42. The van der Waals surface area contributed by atoms with Crippen LogP contribution in [0.1, 0.15) is 12.7 Å². The van der Waals surface area contributed by atoms with E-state index >= 15 is 0 Å². The standard InChI is InChI=1S/C11H12Cl2N4/c1-2-17-10(6-14)15-16-11(17)7-3-4-8(12)9(13)5-7/h3-5H,2,6,14H2,1H3. The van der Waals surface area contributed by atoms with E-state index in [4.69, 9.17) is 28.9 Å². The molecule has 2 N–H and O–H groups in total. The van der Waals surface area contributed by atoms with Gasteiger partial charge in [0.05, 0.1) is 16.6 Å². The fraction of sp³-hybridized carbons (Fsp3) is 0.273. The summed E-state index contributed by atoms with van der Waals surface area (Å²) in [6.07, 6.45) is 0. The van der Waals surface area contributed by atoms with Crippen LogP contribution in [-0.2, 0) is 13.1 Å². The van der Waals surface area contributed by atoms with Gasteiger partial charge in [0.1, 0.15) is 5.82 Å². The molecule has 0 atom stereocenters. The Morgan fingerprint density at radius 3 is 2.59 bits per heavy atom. The maximum Gasteiger partial charge on any atom is 0.164 e. The Balaban J connectivity index is 2.52. The van der Waals surface area contributed by atoms with E-state index in [-0.39, 0.29) is 0 Å². The molecule has 0 bridgehead atoms. The second kappa shape index (κ2) is 5.04. The Hall–Kier alpha value is -1.10. The fourth-order valence-electron chi connectivity index (χ4n) is 1.67. The second-order valence-corrected chi connectivity index (χ2v) is 4.33. The average Bonchev–Trinajstić information content (AvgIpc) is 2.75. The molecule has 0 amide bonds. The van der Waals surface area contributed by atoms with Crippen LogP contribution in [0.5, 0.6) is 0 Å². The first-order valence-corrected chi connectivity index (χ1v) is 6.00. The predicted octanol–water partition coefficient (Wildman–Crippen LogP) is 2.73. The lowest BCUT2D eigenvalue weighted by Crippen LogP contribution is -2.08. The smallest absolute Gasteiger partial charge is 0.164 e. The molecule has 6 heteroatoms. The number of nitrogens with zero attached hydrogens (tertiary/aromatic N) is 3. The summed E-state index contributed by atoms with van der Waals surface area (Å²) in [5.74, 6) is 1.51. The molecule has 0 aliphatic heterocycles. The molecule has 1 aromatic heterocycles. The van der Waals surface area contributed by atoms with Crippen LogP contribution in [0.15, 0.2) is 18.2 Å². The van der Waals surface area contributed by atoms with Gasteiger partial charge in [-0.3, -0.25) is 0 Å². The molecular weight excluding hydrogens is 259 g/mol. The largest absolute Gasteiger partial charge is 0.324 e. The summed E-state index contributed by atoms with van der Waals surface area (Å²) in [5.41, 5.74) is 6.48. The highest BCUT2D eigenvalue weighted by atomic mass is 35.5. The number of aromatic nitrogens is 3. The molecule has 2 aromatic rings. The van der Waals surface area contributed by atoms with Crippen LogP contribution >= 0.6 is 23.2 Å². The Morgan fingerprint density at radius 2 is 2.00 bits per heavy atom. The zero-order chi connectivity index (χ0) is 12.4. The lowest BCUT2D eigenvalue weighted by atomic mass is 10.2. The maximum atomic E-state index is 5.99. The first-order valence-electron chi connectivity index (χ1n) is 5.25. The van der Waals surface area contributed by atoms with Crippen molar-refractivity contribution in [3.05, 3.63) is 34.1 Å². The SMILES string of the molecule is CCn1c(CN)nnc1-c1ccc(Cl)c(Cl)c1. The van der Waals surface area contributed by atoms with E-state index in [0.29, 0.717) is 16.6 Å². The third-order valence-corrected chi connectivity index (χ3v) is 3.24. The highest BCUT2D eigenvalue weighted by Crippen LogP contribution is 2.27. The minimum absolute atomic E-state index is 0.363. The third-order valence-electron chi connectivity index (χ3n) is 2.50. The number of hydrogen-bond donors (Lipinski definition) is 1. The van der Waals surface area contributed by atoms with E-state index in [1.54, 1.807) is 12.1 Å². The Kier molecular flexibility index (Phi) is 3.66. The molecule has 17 heavy (non-hydrogen) atoms. The van der Waals surface area contributed by atoms with Crippen molar-refractivity contribution in [2.24, 2.45) is 5.73 Å². The minimum atomic E-state index is 0.363. The molecule has 0 aliphatic rings. The molecule has 2 rings (SSSR count). The highest BCUT2D eigenvalue weighted by Gasteiger charge is 2.12. The van der Waals surface area contributed by atoms with Gasteiger partial charge in [-0.1, -0.05) is 23.2 Å². The van der Waals surface area contributed by atoms with Crippen LogP contribution in [0.2, 0.25) is 10.0 Å². The van der Waals surface area contributed by atoms with Crippen LogP contribution in [0.3, 0.4) is 0 Å². The second-order valence-electron chi connectivity index (χ2n) is 3.52. The normalized spacial score (nSPS) is 10.8. The van der Waals surface area contributed by atoms with Gasteiger partial charge in [-0.25, -0.2) is 0 Å². The monoisotopic (exact) mass is 270 g/mol. The van der Waals surface area contributed by atoms with Gasteiger partial charge in [-0.05, 0) is 25.1 Å². The molecule has 0 fully saturated rings. The van der Waals surface area contributed by atoms with Crippen molar-refractivity contribution in [3.63, 3.8) is 0 Å². The van der Waals surface area contributed by atoms with Crippen molar-refractivity contribution in [1.82, 2.24) is 14.8 Å². The van der Waals surface area contributed by atoms with Crippen molar-refractivity contribution in [1.29, 1.82) is 0 Å². The summed E-state index contributed by atoms with van der Waals surface area (Å²) in [5, 5.41) is 9.20. The molecule has 90 valence electrons. The van der Waals surface area contributed by atoms with Gasteiger partial charge in [-0.2, -0.15) is 0 Å². The van der Waals surface area contributed by atoms with E-state index in [1.807, 2.05) is 17.6 Å². The van der Waals surface area contributed by atoms with Gasteiger partial charge in [0.15, 0.2) is 5.82 Å². The molecule has 0 aliphatic carbocycles. The van der Waals surface area contributed by atoms with Crippen molar-refractivity contribution < 1.29 is 0 Å². The third kappa shape index (κ3) is 2.29. The molecular formula is C11H12Cl2N4. The number of nitrogens with two attached hydrogens (primary N) is 1. The molecule has 0 unspecified atom stereocenters. The van der Waals surface area contributed by atoms with Crippen molar-refractivity contribution >= 4 is 23.2 Å². The lowest BCUT2D eigenvalue weighted by molar-refractivity contribution is 0.704. The van der Waals surface area contributed by atoms with Crippen LogP contribution in [0.4, 0.5) is 0 Å². The minimum Gasteiger partial charge on any atom is -0.324 e. The average molecular weight is 271 g/mol. The number of hydrogen-bond acceptors (Lipinski definition) is 3. The van der Waals surface area contributed by atoms with Crippen LogP contribution in [0, 0.1) is 0 Å². The maximum absolute atomic E-state index is 5.99. The van der Waals surface area contributed by atoms with Gasteiger partial charge >= 0.3 is 0 Å². The lowest BCUT2D eigenvalue weighted by Gasteiger charge is -2.07. The van der Waals surface area contributed by atoms with E-state index in [9.17, 15) is 0 Å². The molecule has 4 nitrogen and oxygen atoms in total. The van der Waals surface area contributed by atoms with Crippen LogP contribution in [0.25, 0.3) is 11.4 Å². The first kappa shape index (κ1) is 12.4. The molecule has 1 aromatic carbocycles. The fourth-order valence-corrected chi connectivity index (χ4v) is 1.97. The summed E-state index contributed by atoms with van der Waals surface area (Å²) in [4.78, 5) is 0. The quantitative estimate of drug-likeness (QED) is 0.933. The van der Waals surface area contributed by atoms with Gasteiger partial charge in [0.2, 0.25) is 0 Å². The summed E-state index contributed by atoms with van der Waals surface area (Å²) in [6.45, 7) is 3.14. The molecule has 0 saturated carbocycles. The van der Waals surface area contributed by atoms with Crippen molar-refractivity contribution in [2.75, 3.05) is 0 Å². The zero-order valence-corrected chi connectivity index (χ0v) is 10.8. The molecule has 0 saturated heterocycles. The molecule has 1 heterocycles. The molecule has 0 spiro atoms. The zero-order valence-electron chi connectivity index (χ0n) is 9.32. The summed E-state index contributed by atoms with van der Waals surface area (Å²) >= 11 is 11.9. The van der Waals surface area contributed by atoms with E-state index in [1.165, 1.54) is 0 Å². The van der Waals surface area contributed by atoms with Gasteiger partial charge in [0, 0.05) is 12.1 Å². The number of benzene rings is 1.